The van der Waals surface area contributed by atoms with Crippen LogP contribution in [0.1, 0.15) is 32.2 Å². The molecule has 0 aliphatic heterocycles. The molecule has 1 amide bonds. The van der Waals surface area contributed by atoms with Gasteiger partial charge in [-0.2, -0.15) is 5.26 Å². The molecule has 0 saturated heterocycles. The van der Waals surface area contributed by atoms with E-state index in [4.69, 9.17) is 10.00 Å². The fraction of sp³-hybridized carbons (Fsp3) is 0.375. The molecule has 24 heavy (non-hydrogen) atoms. The van der Waals surface area contributed by atoms with Gasteiger partial charge in [0.25, 0.3) is 0 Å². The van der Waals surface area contributed by atoms with Crippen molar-refractivity contribution in [2.75, 3.05) is 0 Å². The number of nitrogens with zero attached hydrogens (tertiary/aromatic N) is 2. The molecule has 3 N–H and O–H groups in total. The lowest BCUT2D eigenvalue weighted by molar-refractivity contribution is -0.139. The second kappa shape index (κ2) is 6.58. The lowest BCUT2D eigenvalue weighted by Crippen LogP contribution is -2.44. The molecule has 2 rings (SSSR count). The maximum absolute atomic E-state index is 11.8. The summed E-state index contributed by atoms with van der Waals surface area (Å²) in [6.45, 7) is 5.07. The summed E-state index contributed by atoms with van der Waals surface area (Å²) in [5.74, 6) is -0.803. The van der Waals surface area contributed by atoms with Crippen LogP contribution in [0.5, 0.6) is 0 Å². The first-order chi connectivity index (χ1) is 11.2. The Morgan fingerprint density at radius 2 is 2.17 bits per heavy atom. The highest BCUT2D eigenvalue weighted by Gasteiger charge is 2.25. The molecule has 8 nitrogen and oxygen atoms in total. The van der Waals surface area contributed by atoms with Gasteiger partial charge in [-0.1, -0.05) is 0 Å². The maximum atomic E-state index is 11.8. The second-order valence-electron chi connectivity index (χ2n) is 6.27. The van der Waals surface area contributed by atoms with Crippen molar-refractivity contribution in [1.29, 1.82) is 5.26 Å². The lowest BCUT2D eigenvalue weighted by atomic mass is 10.2. The number of nitriles is 1. The van der Waals surface area contributed by atoms with Crippen LogP contribution in [0.25, 0.3) is 11.0 Å². The first-order valence-corrected chi connectivity index (χ1v) is 7.29. The lowest BCUT2D eigenvalue weighted by Gasteiger charge is -2.21. The number of aromatic amines is 1. The molecule has 8 heteroatoms. The van der Waals surface area contributed by atoms with Crippen LogP contribution in [-0.4, -0.2) is 38.8 Å². The zero-order chi connectivity index (χ0) is 17.9. The summed E-state index contributed by atoms with van der Waals surface area (Å²) < 4.78 is 5.07. The number of carbonyl (C=O) groups is 2. The van der Waals surface area contributed by atoms with Gasteiger partial charge in [0.05, 0.1) is 22.7 Å². The van der Waals surface area contributed by atoms with Crippen molar-refractivity contribution in [3.8, 4) is 6.07 Å². The molecular formula is C16H18N4O4. The number of hydrogen-bond donors (Lipinski definition) is 3. The van der Waals surface area contributed by atoms with Gasteiger partial charge in [0.15, 0.2) is 0 Å². The molecule has 0 saturated carbocycles. The molecule has 0 aliphatic carbocycles. The number of imidazole rings is 1. The zero-order valence-corrected chi connectivity index (χ0v) is 13.6. The Morgan fingerprint density at radius 3 is 2.75 bits per heavy atom. The predicted molar refractivity (Wildman–Crippen MR) is 85.3 cm³/mol. The van der Waals surface area contributed by atoms with Crippen LogP contribution in [0.15, 0.2) is 18.2 Å². The Morgan fingerprint density at radius 1 is 1.46 bits per heavy atom. The molecule has 0 radical (unpaired) electrons. The molecular weight excluding hydrogens is 312 g/mol. The average Bonchev–Trinajstić information content (AvgIpc) is 2.85. The molecule has 0 spiro atoms. The fourth-order valence-corrected chi connectivity index (χ4v) is 2.07. The van der Waals surface area contributed by atoms with E-state index in [-0.39, 0.29) is 6.42 Å². The number of amides is 1. The number of aliphatic carboxylic acids is 1. The summed E-state index contributed by atoms with van der Waals surface area (Å²) in [6, 6.07) is 5.76. The Kier molecular flexibility index (Phi) is 4.74. The summed E-state index contributed by atoms with van der Waals surface area (Å²) in [4.78, 5) is 30.4. The molecule has 126 valence electrons. The number of rotatable bonds is 4. The topological polar surface area (TPSA) is 128 Å². The van der Waals surface area contributed by atoms with Crippen molar-refractivity contribution in [1.82, 2.24) is 15.3 Å². The van der Waals surface area contributed by atoms with Gasteiger partial charge in [0.1, 0.15) is 17.5 Å². The van der Waals surface area contributed by atoms with Crippen molar-refractivity contribution in [2.24, 2.45) is 0 Å². The van der Waals surface area contributed by atoms with Crippen molar-refractivity contribution >= 4 is 23.1 Å². The number of ether oxygens (including phenoxy) is 1. The van der Waals surface area contributed by atoms with E-state index in [9.17, 15) is 14.7 Å². The smallest absolute Gasteiger partial charge is 0.408 e. The number of carbonyl (C=O) groups excluding carboxylic acids is 1. The monoisotopic (exact) mass is 330 g/mol. The van der Waals surface area contributed by atoms with E-state index in [0.717, 1.165) is 0 Å². The highest BCUT2D eigenvalue weighted by Crippen LogP contribution is 2.14. The third-order valence-corrected chi connectivity index (χ3v) is 3.05. The highest BCUT2D eigenvalue weighted by atomic mass is 16.6. The number of hydrogen-bond acceptors (Lipinski definition) is 5. The van der Waals surface area contributed by atoms with Crippen LogP contribution >= 0.6 is 0 Å². The summed E-state index contributed by atoms with van der Waals surface area (Å²) in [7, 11) is 0. The van der Waals surface area contributed by atoms with Crippen LogP contribution in [0.2, 0.25) is 0 Å². The van der Waals surface area contributed by atoms with E-state index in [1.165, 1.54) is 0 Å². The van der Waals surface area contributed by atoms with E-state index < -0.39 is 23.7 Å². The third kappa shape index (κ3) is 4.46. The Balaban J connectivity index is 2.14. The minimum Gasteiger partial charge on any atom is -0.480 e. The van der Waals surface area contributed by atoms with Crippen LogP contribution < -0.4 is 5.32 Å². The van der Waals surface area contributed by atoms with Gasteiger partial charge in [-0.3, -0.25) is 0 Å². The van der Waals surface area contributed by atoms with Crippen LogP contribution in [-0.2, 0) is 16.0 Å². The van der Waals surface area contributed by atoms with Gasteiger partial charge in [0, 0.05) is 6.42 Å². The summed E-state index contributed by atoms with van der Waals surface area (Å²) in [5, 5.41) is 20.5. The molecule has 0 fully saturated rings. The van der Waals surface area contributed by atoms with Gasteiger partial charge < -0.3 is 20.1 Å². The van der Waals surface area contributed by atoms with Crippen molar-refractivity contribution in [3.63, 3.8) is 0 Å². The zero-order valence-electron chi connectivity index (χ0n) is 13.6. The standard InChI is InChI=1S/C16H18N4O4/c1-16(2,3)24-15(23)20-12(14(21)22)7-13-18-10-5-4-9(8-17)6-11(10)19-13/h4-6,12H,7H2,1-3H3,(H,18,19)(H,20,23)(H,21,22)/t12-/m0/s1. The Bertz CT molecular complexity index is 814. The van der Waals surface area contributed by atoms with Gasteiger partial charge in [0.2, 0.25) is 0 Å². The first-order valence-electron chi connectivity index (χ1n) is 7.29. The quantitative estimate of drug-likeness (QED) is 0.786. The Labute approximate surface area is 138 Å². The van der Waals surface area contributed by atoms with E-state index >= 15 is 0 Å². The largest absolute Gasteiger partial charge is 0.480 e. The summed E-state index contributed by atoms with van der Waals surface area (Å²) >= 11 is 0. The third-order valence-electron chi connectivity index (χ3n) is 3.05. The number of H-pyrrole nitrogens is 1. The van der Waals surface area contributed by atoms with E-state index in [1.807, 2.05) is 6.07 Å². The average molecular weight is 330 g/mol. The summed E-state index contributed by atoms with van der Waals surface area (Å²) in [6.07, 6.45) is -0.844. The van der Waals surface area contributed by atoms with Gasteiger partial charge in [-0.05, 0) is 39.0 Å². The molecule has 1 aromatic carbocycles. The maximum Gasteiger partial charge on any atom is 0.408 e. The van der Waals surface area contributed by atoms with E-state index in [2.05, 4.69) is 15.3 Å². The molecule has 1 atom stereocenters. The number of carboxylic acid groups (broad SMARTS) is 1. The van der Waals surface area contributed by atoms with Gasteiger partial charge in [-0.25, -0.2) is 14.6 Å². The van der Waals surface area contributed by atoms with Crippen LogP contribution in [0.3, 0.4) is 0 Å². The van der Waals surface area contributed by atoms with Gasteiger partial charge >= 0.3 is 12.1 Å². The number of benzene rings is 1. The summed E-state index contributed by atoms with van der Waals surface area (Å²) in [5.41, 5.74) is 0.996. The predicted octanol–water partition coefficient (Wildman–Crippen LogP) is 1.95. The number of carboxylic acids is 1. The number of alkyl carbamates (subject to hydrolysis) is 1. The molecule has 1 aromatic heterocycles. The minimum atomic E-state index is -1.20. The second-order valence-corrected chi connectivity index (χ2v) is 6.27. The van der Waals surface area contributed by atoms with Crippen LogP contribution in [0, 0.1) is 11.3 Å². The SMILES string of the molecule is CC(C)(C)OC(=O)N[C@@H](Cc1nc2ccc(C#N)cc2[nH]1)C(=O)O. The van der Waals surface area contributed by atoms with E-state index in [0.29, 0.717) is 22.4 Å². The Hall–Kier alpha value is -3.08. The molecule has 1 heterocycles. The van der Waals surface area contributed by atoms with Crippen LogP contribution in [0.4, 0.5) is 4.79 Å². The first kappa shape index (κ1) is 17.3. The minimum absolute atomic E-state index is 0.0366. The number of aromatic nitrogens is 2. The van der Waals surface area contributed by atoms with Crippen molar-refractivity contribution < 1.29 is 19.4 Å². The molecule has 0 aliphatic rings. The van der Waals surface area contributed by atoms with E-state index in [1.54, 1.807) is 39.0 Å². The van der Waals surface area contributed by atoms with Crippen molar-refractivity contribution in [3.05, 3.63) is 29.6 Å². The number of nitrogens with one attached hydrogen (secondary N) is 2. The normalized spacial score (nSPS) is 12.4. The molecule has 2 aromatic rings. The fourth-order valence-electron chi connectivity index (χ4n) is 2.07. The number of fused-ring (bicyclic) bond motifs is 1. The molecule has 0 bridgehead atoms. The van der Waals surface area contributed by atoms with Crippen molar-refractivity contribution in [2.45, 2.75) is 38.8 Å². The molecule has 0 unspecified atom stereocenters. The highest BCUT2D eigenvalue weighted by molar-refractivity contribution is 5.81. The van der Waals surface area contributed by atoms with Gasteiger partial charge in [-0.15, -0.1) is 0 Å².